The van der Waals surface area contributed by atoms with Crippen LogP contribution in [0.4, 0.5) is 22.0 Å². The molecular weight excluding hydrogens is 419 g/mol. The van der Waals surface area contributed by atoms with E-state index in [0.29, 0.717) is 36.8 Å². The number of rotatable bonds is 3. The Morgan fingerprint density at radius 2 is 1.53 bits per heavy atom. The van der Waals surface area contributed by atoms with E-state index in [1.54, 1.807) is 6.07 Å². The van der Waals surface area contributed by atoms with Gasteiger partial charge in [0.25, 0.3) is 0 Å². The number of hydrogen-bond donors (Lipinski definition) is 0. The molecule has 3 aromatic rings. The molecule has 4 rings (SSSR count). The molecule has 0 saturated carbocycles. The molecule has 164 valence electrons. The van der Waals surface area contributed by atoms with E-state index >= 15 is 0 Å². The Bertz CT molecular complexity index is 1210. The summed E-state index contributed by atoms with van der Waals surface area (Å²) >= 11 is 0. The molecule has 32 heavy (non-hydrogen) atoms. The summed E-state index contributed by atoms with van der Waals surface area (Å²) in [6, 6.07) is 9.33. The van der Waals surface area contributed by atoms with E-state index < -0.39 is 29.1 Å². The first kappa shape index (κ1) is 22.1. The molecule has 0 N–H and O–H groups in total. The summed E-state index contributed by atoms with van der Waals surface area (Å²) in [4.78, 5) is 0. The lowest BCUT2D eigenvalue weighted by Gasteiger charge is -2.26. The van der Waals surface area contributed by atoms with Crippen LogP contribution in [0.5, 0.6) is 0 Å². The van der Waals surface area contributed by atoms with Crippen molar-refractivity contribution in [3.63, 3.8) is 0 Å². The monoisotopic (exact) mass is 440 g/mol. The minimum absolute atomic E-state index is 0.0568. The fourth-order valence-corrected chi connectivity index (χ4v) is 4.32. The predicted octanol–water partition coefficient (Wildman–Crippen LogP) is 7.01. The Balaban J connectivity index is 1.61. The highest BCUT2D eigenvalue weighted by Crippen LogP contribution is 2.36. The third-order valence-electron chi connectivity index (χ3n) is 5.89. The van der Waals surface area contributed by atoms with E-state index in [9.17, 15) is 22.0 Å². The molecule has 0 heterocycles. The van der Waals surface area contributed by atoms with Gasteiger partial charge < -0.3 is 0 Å². The molecule has 1 unspecified atom stereocenters. The normalized spacial score (nSPS) is 15.1. The third-order valence-corrected chi connectivity index (χ3v) is 5.89. The Morgan fingerprint density at radius 1 is 0.812 bits per heavy atom. The molecule has 0 aromatic heterocycles. The molecule has 1 atom stereocenters. The Hall–Kier alpha value is -3.13. The highest BCUT2D eigenvalue weighted by molar-refractivity contribution is 5.48. The maximum atomic E-state index is 14.7. The lowest BCUT2D eigenvalue weighted by molar-refractivity contribution is 0.488. The fraction of sp³-hybridized carbons (Fsp3) is 0.259. The molecule has 5 heteroatoms. The van der Waals surface area contributed by atoms with Crippen molar-refractivity contribution in [2.75, 3.05) is 0 Å². The van der Waals surface area contributed by atoms with Gasteiger partial charge >= 0.3 is 0 Å². The lowest BCUT2D eigenvalue weighted by Crippen LogP contribution is -2.16. The van der Waals surface area contributed by atoms with Crippen LogP contribution in [0, 0.1) is 40.9 Å². The first-order valence-electron chi connectivity index (χ1n) is 10.6. The van der Waals surface area contributed by atoms with Crippen LogP contribution < -0.4 is 0 Å². The zero-order chi connectivity index (χ0) is 22.8. The van der Waals surface area contributed by atoms with Crippen LogP contribution in [0.2, 0.25) is 0 Å². The minimum atomic E-state index is -1.07. The van der Waals surface area contributed by atoms with Gasteiger partial charge in [0.15, 0.2) is 11.6 Å². The number of halogens is 5. The van der Waals surface area contributed by atoms with Crippen LogP contribution in [-0.4, -0.2) is 0 Å². The van der Waals surface area contributed by atoms with Gasteiger partial charge in [-0.3, -0.25) is 0 Å². The van der Waals surface area contributed by atoms with Crippen molar-refractivity contribution in [3.8, 4) is 11.8 Å². The standard InChI is InChI=1S/C27H21F5/c1-2-4-16-11-24(30)26(25(31)12-16)20-10-8-18-13-19(23(29)15-21(18)14-20)9-7-17-5-3-6-22(28)27(17)32/h3,5-6,11-13,15,20H,2,4,8,10,14H2,1H3. The zero-order valence-corrected chi connectivity index (χ0v) is 17.5. The van der Waals surface area contributed by atoms with Crippen molar-refractivity contribution >= 4 is 0 Å². The highest BCUT2D eigenvalue weighted by atomic mass is 19.2. The highest BCUT2D eigenvalue weighted by Gasteiger charge is 2.26. The summed E-state index contributed by atoms with van der Waals surface area (Å²) in [5.41, 5.74) is 2.13. The number of aryl methyl sites for hydroxylation is 2. The number of hydrogen-bond acceptors (Lipinski definition) is 0. The predicted molar refractivity (Wildman–Crippen MR) is 114 cm³/mol. The molecule has 1 aliphatic rings. The van der Waals surface area contributed by atoms with Gasteiger partial charge in [0, 0.05) is 5.56 Å². The topological polar surface area (TPSA) is 0 Å². The van der Waals surface area contributed by atoms with Gasteiger partial charge in [-0.05, 0) is 84.7 Å². The average molecular weight is 440 g/mol. The summed E-state index contributed by atoms with van der Waals surface area (Å²) in [5, 5.41) is 0. The van der Waals surface area contributed by atoms with E-state index in [0.717, 1.165) is 18.1 Å². The molecule has 0 aliphatic heterocycles. The van der Waals surface area contributed by atoms with Gasteiger partial charge in [-0.25, -0.2) is 22.0 Å². The van der Waals surface area contributed by atoms with Crippen LogP contribution in [0.25, 0.3) is 0 Å². The van der Waals surface area contributed by atoms with Gasteiger partial charge in [-0.2, -0.15) is 0 Å². The molecular formula is C27H21F5. The van der Waals surface area contributed by atoms with E-state index in [4.69, 9.17) is 0 Å². The molecule has 0 nitrogen and oxygen atoms in total. The first-order chi connectivity index (χ1) is 15.4. The SMILES string of the molecule is CCCc1cc(F)c(C2CCc3cc(C#Cc4cccc(F)c4F)c(F)cc3C2)c(F)c1. The molecule has 0 saturated heterocycles. The van der Waals surface area contributed by atoms with Crippen molar-refractivity contribution in [2.45, 2.75) is 44.9 Å². The fourth-order valence-electron chi connectivity index (χ4n) is 4.32. The molecule has 0 amide bonds. The first-order valence-corrected chi connectivity index (χ1v) is 10.6. The summed E-state index contributed by atoms with van der Waals surface area (Å²) in [6.45, 7) is 1.95. The molecule has 0 bridgehead atoms. The van der Waals surface area contributed by atoms with Crippen LogP contribution in [-0.2, 0) is 19.3 Å². The van der Waals surface area contributed by atoms with E-state index in [2.05, 4.69) is 11.8 Å². The summed E-state index contributed by atoms with van der Waals surface area (Å²) in [5.74, 6) is 0.872. The van der Waals surface area contributed by atoms with Crippen molar-refractivity contribution < 1.29 is 22.0 Å². The van der Waals surface area contributed by atoms with Crippen LogP contribution in [0.1, 0.15) is 59.1 Å². The van der Waals surface area contributed by atoms with Gasteiger partial charge in [0.1, 0.15) is 17.5 Å². The van der Waals surface area contributed by atoms with Crippen molar-refractivity contribution in [1.82, 2.24) is 0 Å². The van der Waals surface area contributed by atoms with E-state index in [-0.39, 0.29) is 22.6 Å². The Kier molecular flexibility index (Phi) is 6.32. The smallest absolute Gasteiger partial charge is 0.174 e. The maximum Gasteiger partial charge on any atom is 0.174 e. The van der Waals surface area contributed by atoms with Crippen molar-refractivity contribution in [2.24, 2.45) is 0 Å². The average Bonchev–Trinajstić information content (AvgIpc) is 2.74. The minimum Gasteiger partial charge on any atom is -0.207 e. The summed E-state index contributed by atoms with van der Waals surface area (Å²) < 4.78 is 71.1. The van der Waals surface area contributed by atoms with E-state index in [1.807, 2.05) is 6.92 Å². The van der Waals surface area contributed by atoms with Crippen molar-refractivity contribution in [3.05, 3.63) is 105 Å². The van der Waals surface area contributed by atoms with E-state index in [1.165, 1.54) is 30.3 Å². The summed E-state index contributed by atoms with van der Waals surface area (Å²) in [7, 11) is 0. The lowest BCUT2D eigenvalue weighted by atomic mass is 9.79. The second kappa shape index (κ2) is 9.16. The molecule has 0 spiro atoms. The zero-order valence-electron chi connectivity index (χ0n) is 17.5. The van der Waals surface area contributed by atoms with Crippen LogP contribution >= 0.6 is 0 Å². The Morgan fingerprint density at radius 3 is 2.25 bits per heavy atom. The summed E-state index contributed by atoms with van der Waals surface area (Å²) in [6.07, 6.45) is 2.75. The molecule has 1 aliphatic carbocycles. The molecule has 3 aromatic carbocycles. The van der Waals surface area contributed by atoms with Crippen LogP contribution in [0.3, 0.4) is 0 Å². The Labute approximate surface area is 184 Å². The van der Waals surface area contributed by atoms with Crippen LogP contribution in [0.15, 0.2) is 42.5 Å². The second-order valence-electron chi connectivity index (χ2n) is 8.12. The third kappa shape index (κ3) is 4.41. The quantitative estimate of drug-likeness (QED) is 0.304. The van der Waals surface area contributed by atoms with Gasteiger partial charge in [-0.15, -0.1) is 0 Å². The molecule has 0 radical (unpaired) electrons. The number of benzene rings is 3. The largest absolute Gasteiger partial charge is 0.207 e. The van der Waals surface area contributed by atoms with Gasteiger partial charge in [-0.1, -0.05) is 31.3 Å². The molecule has 0 fully saturated rings. The van der Waals surface area contributed by atoms with Gasteiger partial charge in [0.2, 0.25) is 0 Å². The second-order valence-corrected chi connectivity index (χ2v) is 8.12. The number of fused-ring (bicyclic) bond motifs is 1. The maximum absolute atomic E-state index is 14.7. The van der Waals surface area contributed by atoms with Crippen molar-refractivity contribution in [1.29, 1.82) is 0 Å². The van der Waals surface area contributed by atoms with Gasteiger partial charge in [0.05, 0.1) is 11.1 Å².